The first-order valence-corrected chi connectivity index (χ1v) is 6.78. The van der Waals surface area contributed by atoms with Gasteiger partial charge in [-0.15, -0.1) is 0 Å². The molecule has 8 nitrogen and oxygen atoms in total. The smallest absolute Gasteiger partial charge is 0.252 e. The summed E-state index contributed by atoms with van der Waals surface area (Å²) in [6.07, 6.45) is 1.69. The SMILES string of the molecule is CC(=O)NNC(=O)CN1CCCC(C(=O)NCCN)C1. The summed E-state index contributed by atoms with van der Waals surface area (Å²) in [6.45, 7) is 3.69. The van der Waals surface area contributed by atoms with E-state index in [1.54, 1.807) is 0 Å². The first kappa shape index (κ1) is 16.4. The maximum absolute atomic E-state index is 11.9. The summed E-state index contributed by atoms with van der Waals surface area (Å²) in [5.41, 5.74) is 9.89. The Bertz CT molecular complexity index is 361. The number of nitrogens with zero attached hydrogens (tertiary/aromatic N) is 1. The van der Waals surface area contributed by atoms with Crippen LogP contribution < -0.4 is 21.9 Å². The van der Waals surface area contributed by atoms with Crippen molar-refractivity contribution in [2.24, 2.45) is 11.7 Å². The third-order valence-corrected chi connectivity index (χ3v) is 3.07. The van der Waals surface area contributed by atoms with Gasteiger partial charge < -0.3 is 11.1 Å². The fourth-order valence-electron chi connectivity index (χ4n) is 2.15. The maximum atomic E-state index is 11.9. The number of carbonyl (C=O) groups excluding carboxylic acids is 3. The second-order valence-electron chi connectivity index (χ2n) is 4.88. The molecule has 20 heavy (non-hydrogen) atoms. The van der Waals surface area contributed by atoms with Crippen molar-refractivity contribution in [2.75, 3.05) is 32.7 Å². The molecule has 0 aromatic heterocycles. The molecular weight excluding hydrogens is 262 g/mol. The van der Waals surface area contributed by atoms with Gasteiger partial charge in [0.05, 0.1) is 12.5 Å². The number of amides is 3. The molecule has 114 valence electrons. The van der Waals surface area contributed by atoms with Crippen molar-refractivity contribution in [3.05, 3.63) is 0 Å². The predicted molar refractivity (Wildman–Crippen MR) is 73.2 cm³/mol. The molecule has 1 heterocycles. The fourth-order valence-corrected chi connectivity index (χ4v) is 2.15. The predicted octanol–water partition coefficient (Wildman–Crippen LogP) is -2.06. The van der Waals surface area contributed by atoms with Crippen LogP contribution in [0.4, 0.5) is 0 Å². The lowest BCUT2D eigenvalue weighted by molar-refractivity contribution is -0.130. The number of hydrogen-bond acceptors (Lipinski definition) is 5. The van der Waals surface area contributed by atoms with Crippen LogP contribution in [0.1, 0.15) is 19.8 Å². The topological polar surface area (TPSA) is 117 Å². The van der Waals surface area contributed by atoms with Crippen LogP contribution in [0, 0.1) is 5.92 Å². The van der Waals surface area contributed by atoms with Crippen molar-refractivity contribution in [1.29, 1.82) is 0 Å². The molecule has 1 unspecified atom stereocenters. The van der Waals surface area contributed by atoms with Gasteiger partial charge in [-0.05, 0) is 19.4 Å². The Balaban J connectivity index is 2.34. The van der Waals surface area contributed by atoms with Crippen molar-refractivity contribution < 1.29 is 14.4 Å². The zero-order valence-corrected chi connectivity index (χ0v) is 11.8. The number of hydrazine groups is 1. The Kier molecular flexibility index (Phi) is 6.96. The highest BCUT2D eigenvalue weighted by Crippen LogP contribution is 2.16. The van der Waals surface area contributed by atoms with Gasteiger partial charge >= 0.3 is 0 Å². The second-order valence-corrected chi connectivity index (χ2v) is 4.88. The molecule has 0 aromatic carbocycles. The molecule has 0 saturated carbocycles. The Morgan fingerprint density at radius 2 is 2.05 bits per heavy atom. The van der Waals surface area contributed by atoms with E-state index in [1.807, 2.05) is 4.90 Å². The summed E-state index contributed by atoms with van der Waals surface area (Å²) in [6, 6.07) is 0. The molecule has 8 heteroatoms. The molecule has 1 aliphatic heterocycles. The molecule has 5 N–H and O–H groups in total. The molecule has 3 amide bonds. The maximum Gasteiger partial charge on any atom is 0.252 e. The van der Waals surface area contributed by atoms with E-state index >= 15 is 0 Å². The third-order valence-electron chi connectivity index (χ3n) is 3.07. The van der Waals surface area contributed by atoms with E-state index in [0.717, 1.165) is 19.4 Å². The summed E-state index contributed by atoms with van der Waals surface area (Å²) in [5, 5.41) is 2.77. The number of nitrogens with two attached hydrogens (primary N) is 1. The van der Waals surface area contributed by atoms with E-state index in [4.69, 9.17) is 5.73 Å². The molecular formula is C12H23N5O3. The average molecular weight is 285 g/mol. The van der Waals surface area contributed by atoms with Gasteiger partial charge in [0.25, 0.3) is 5.91 Å². The fraction of sp³-hybridized carbons (Fsp3) is 0.750. The molecule has 1 aliphatic rings. The van der Waals surface area contributed by atoms with E-state index in [1.165, 1.54) is 6.92 Å². The van der Waals surface area contributed by atoms with Crippen LogP contribution >= 0.6 is 0 Å². The van der Waals surface area contributed by atoms with Crippen LogP contribution in [-0.4, -0.2) is 55.3 Å². The zero-order chi connectivity index (χ0) is 15.0. The highest BCUT2D eigenvalue weighted by molar-refractivity contribution is 5.82. The number of likely N-dealkylation sites (tertiary alicyclic amines) is 1. The van der Waals surface area contributed by atoms with Crippen molar-refractivity contribution in [3.63, 3.8) is 0 Å². The first-order valence-electron chi connectivity index (χ1n) is 6.78. The van der Waals surface area contributed by atoms with Gasteiger partial charge in [0, 0.05) is 26.6 Å². The zero-order valence-electron chi connectivity index (χ0n) is 11.8. The van der Waals surface area contributed by atoms with Crippen LogP contribution in [0.25, 0.3) is 0 Å². The summed E-state index contributed by atoms with van der Waals surface area (Å²) < 4.78 is 0. The minimum atomic E-state index is -0.323. The van der Waals surface area contributed by atoms with Crippen LogP contribution in [-0.2, 0) is 14.4 Å². The molecule has 1 saturated heterocycles. The van der Waals surface area contributed by atoms with Crippen LogP contribution in [0.3, 0.4) is 0 Å². The quantitative estimate of drug-likeness (QED) is 0.433. The normalized spacial score (nSPS) is 19.2. The molecule has 0 bridgehead atoms. The summed E-state index contributed by atoms with van der Waals surface area (Å²) in [5.74, 6) is -0.731. The van der Waals surface area contributed by atoms with Crippen molar-refractivity contribution >= 4 is 17.7 Å². The van der Waals surface area contributed by atoms with Crippen molar-refractivity contribution in [3.8, 4) is 0 Å². The van der Waals surface area contributed by atoms with E-state index in [-0.39, 0.29) is 30.2 Å². The number of rotatable bonds is 5. The Hall–Kier alpha value is -1.67. The monoisotopic (exact) mass is 285 g/mol. The van der Waals surface area contributed by atoms with E-state index < -0.39 is 0 Å². The molecule has 0 aliphatic carbocycles. The van der Waals surface area contributed by atoms with Crippen LogP contribution in [0.15, 0.2) is 0 Å². The van der Waals surface area contributed by atoms with Gasteiger partial charge in [-0.25, -0.2) is 0 Å². The van der Waals surface area contributed by atoms with Gasteiger partial charge in [-0.2, -0.15) is 0 Å². The summed E-state index contributed by atoms with van der Waals surface area (Å²) in [4.78, 5) is 36.0. The highest BCUT2D eigenvalue weighted by atomic mass is 16.2. The molecule has 0 radical (unpaired) electrons. The van der Waals surface area contributed by atoms with E-state index in [2.05, 4.69) is 16.2 Å². The summed E-state index contributed by atoms with van der Waals surface area (Å²) in [7, 11) is 0. The number of carbonyl (C=O) groups is 3. The van der Waals surface area contributed by atoms with E-state index in [9.17, 15) is 14.4 Å². The third kappa shape index (κ3) is 5.98. The van der Waals surface area contributed by atoms with Gasteiger partial charge in [-0.1, -0.05) is 0 Å². The van der Waals surface area contributed by atoms with Crippen molar-refractivity contribution in [1.82, 2.24) is 21.1 Å². The lowest BCUT2D eigenvalue weighted by Crippen LogP contribution is -2.49. The van der Waals surface area contributed by atoms with Gasteiger partial charge in [0.15, 0.2) is 0 Å². The molecule has 1 fully saturated rings. The number of piperidine rings is 1. The van der Waals surface area contributed by atoms with Gasteiger partial charge in [-0.3, -0.25) is 30.1 Å². The second kappa shape index (κ2) is 8.49. The van der Waals surface area contributed by atoms with Gasteiger partial charge in [0.2, 0.25) is 11.8 Å². The lowest BCUT2D eigenvalue weighted by Gasteiger charge is -2.31. The highest BCUT2D eigenvalue weighted by Gasteiger charge is 2.26. The van der Waals surface area contributed by atoms with Crippen molar-refractivity contribution in [2.45, 2.75) is 19.8 Å². The van der Waals surface area contributed by atoms with Crippen LogP contribution in [0.5, 0.6) is 0 Å². The Labute approximate surface area is 118 Å². The molecule has 1 rings (SSSR count). The van der Waals surface area contributed by atoms with E-state index in [0.29, 0.717) is 19.6 Å². The standard InChI is InChI=1S/C12H23N5O3/c1-9(18)15-16-11(19)8-17-6-2-3-10(7-17)12(20)14-5-4-13/h10H,2-8,13H2,1H3,(H,14,20)(H,15,18)(H,16,19). The molecule has 0 aromatic rings. The Morgan fingerprint density at radius 1 is 1.30 bits per heavy atom. The summed E-state index contributed by atoms with van der Waals surface area (Å²) >= 11 is 0. The molecule has 1 atom stereocenters. The molecule has 0 spiro atoms. The van der Waals surface area contributed by atoms with Gasteiger partial charge in [0.1, 0.15) is 0 Å². The minimum absolute atomic E-state index is 0.0116. The average Bonchev–Trinajstić information content (AvgIpc) is 2.42. The largest absolute Gasteiger partial charge is 0.355 e. The first-order chi connectivity index (χ1) is 9.52. The minimum Gasteiger partial charge on any atom is -0.355 e. The van der Waals surface area contributed by atoms with Crippen LogP contribution in [0.2, 0.25) is 0 Å². The lowest BCUT2D eigenvalue weighted by atomic mass is 9.97. The Morgan fingerprint density at radius 3 is 2.70 bits per heavy atom. The number of nitrogens with one attached hydrogen (secondary N) is 3. The number of hydrogen-bond donors (Lipinski definition) is 4.